The Morgan fingerprint density at radius 2 is 1.80 bits per heavy atom. The van der Waals surface area contributed by atoms with Gasteiger partial charge in [0.25, 0.3) is 5.91 Å². The van der Waals surface area contributed by atoms with Gasteiger partial charge in [0.1, 0.15) is 17.0 Å². The van der Waals surface area contributed by atoms with Crippen LogP contribution < -0.4 is 15.9 Å². The van der Waals surface area contributed by atoms with Crippen LogP contribution in [0.3, 0.4) is 0 Å². The second-order valence-electron chi connectivity index (χ2n) is 7.24. The standard InChI is InChI=1S/C23H21N3O4/c1-12-19(26-10-6-5-7-17(26)22(12)30-4)20(27)14-8-9-16-15(11-14)21(28)18(23(24)29)13(2)25(16)3/h5-11H,1-4H3,(H2,24,29). The molecule has 0 aliphatic rings. The Kier molecular flexibility index (Phi) is 4.46. The van der Waals surface area contributed by atoms with E-state index < -0.39 is 11.3 Å². The molecule has 0 atom stereocenters. The molecule has 0 fully saturated rings. The van der Waals surface area contributed by atoms with Crippen molar-refractivity contribution in [2.75, 3.05) is 7.11 Å². The highest BCUT2D eigenvalue weighted by atomic mass is 16.5. The third-order valence-electron chi connectivity index (χ3n) is 5.65. The van der Waals surface area contributed by atoms with Crippen molar-refractivity contribution >= 4 is 28.1 Å². The second-order valence-corrected chi connectivity index (χ2v) is 7.24. The number of amides is 1. The Labute approximate surface area is 172 Å². The number of aromatic nitrogens is 2. The van der Waals surface area contributed by atoms with Crippen LogP contribution >= 0.6 is 0 Å². The maximum Gasteiger partial charge on any atom is 0.254 e. The lowest BCUT2D eigenvalue weighted by molar-refractivity contribution is 0.0996. The first-order valence-corrected chi connectivity index (χ1v) is 9.39. The topological polar surface area (TPSA) is 95.8 Å². The molecule has 30 heavy (non-hydrogen) atoms. The largest absolute Gasteiger partial charge is 0.494 e. The molecular weight excluding hydrogens is 382 g/mol. The number of aryl methyl sites for hydroxylation is 1. The highest BCUT2D eigenvalue weighted by molar-refractivity contribution is 6.12. The summed E-state index contributed by atoms with van der Waals surface area (Å²) in [5, 5.41) is 0.272. The molecule has 0 saturated heterocycles. The van der Waals surface area contributed by atoms with Crippen molar-refractivity contribution in [2.24, 2.45) is 12.8 Å². The molecule has 0 unspecified atom stereocenters. The minimum Gasteiger partial charge on any atom is -0.494 e. The fourth-order valence-corrected chi connectivity index (χ4v) is 4.07. The van der Waals surface area contributed by atoms with Crippen molar-refractivity contribution in [3.05, 3.63) is 80.9 Å². The van der Waals surface area contributed by atoms with Crippen LogP contribution in [0.15, 0.2) is 47.4 Å². The SMILES string of the molecule is COc1c(C)c(C(=O)c2ccc3c(c2)c(=O)c(C(N)=O)c(C)n3C)n2ccccc12. The van der Waals surface area contributed by atoms with Gasteiger partial charge in [0.2, 0.25) is 11.2 Å². The van der Waals surface area contributed by atoms with Crippen LogP contribution in [0, 0.1) is 13.8 Å². The third-order valence-corrected chi connectivity index (χ3v) is 5.65. The minimum atomic E-state index is -0.787. The van der Waals surface area contributed by atoms with Crippen LogP contribution in [0.5, 0.6) is 5.75 Å². The molecular formula is C23H21N3O4. The maximum atomic E-state index is 13.5. The van der Waals surface area contributed by atoms with Crippen molar-refractivity contribution in [1.82, 2.24) is 8.97 Å². The number of carbonyl (C=O) groups is 2. The Balaban J connectivity index is 1.99. The molecule has 4 rings (SSSR count). The fraction of sp³-hybridized carbons (Fsp3) is 0.174. The van der Waals surface area contributed by atoms with Gasteiger partial charge in [-0.25, -0.2) is 0 Å². The molecule has 4 aromatic rings. The second kappa shape index (κ2) is 6.88. The van der Waals surface area contributed by atoms with Crippen molar-refractivity contribution in [3.8, 4) is 5.75 Å². The van der Waals surface area contributed by atoms with Gasteiger partial charge in [0.05, 0.1) is 18.1 Å². The molecule has 3 heterocycles. The van der Waals surface area contributed by atoms with Gasteiger partial charge in [-0.15, -0.1) is 0 Å². The number of hydrogen-bond donors (Lipinski definition) is 1. The molecule has 1 aromatic carbocycles. The molecule has 0 radical (unpaired) electrons. The third kappa shape index (κ3) is 2.62. The van der Waals surface area contributed by atoms with E-state index in [0.717, 1.165) is 5.52 Å². The van der Waals surface area contributed by atoms with Crippen molar-refractivity contribution in [3.63, 3.8) is 0 Å². The zero-order valence-corrected chi connectivity index (χ0v) is 17.1. The number of methoxy groups -OCH3 is 1. The fourth-order valence-electron chi connectivity index (χ4n) is 4.07. The molecule has 0 aliphatic heterocycles. The van der Waals surface area contributed by atoms with Crippen LogP contribution in [0.2, 0.25) is 0 Å². The lowest BCUT2D eigenvalue weighted by Gasteiger charge is -2.13. The van der Waals surface area contributed by atoms with Crippen molar-refractivity contribution in [2.45, 2.75) is 13.8 Å². The van der Waals surface area contributed by atoms with E-state index in [1.807, 2.05) is 25.1 Å². The zero-order valence-electron chi connectivity index (χ0n) is 17.1. The van der Waals surface area contributed by atoms with E-state index >= 15 is 0 Å². The summed E-state index contributed by atoms with van der Waals surface area (Å²) in [7, 11) is 3.32. The first-order valence-electron chi connectivity index (χ1n) is 9.39. The van der Waals surface area contributed by atoms with Gasteiger partial charge >= 0.3 is 0 Å². The number of nitrogens with zero attached hydrogens (tertiary/aromatic N) is 2. The number of ketones is 1. The molecule has 7 nitrogen and oxygen atoms in total. The molecule has 0 bridgehead atoms. The van der Waals surface area contributed by atoms with Gasteiger partial charge in [-0.1, -0.05) is 6.07 Å². The van der Waals surface area contributed by atoms with E-state index in [-0.39, 0.29) is 16.7 Å². The van der Waals surface area contributed by atoms with Crippen LogP contribution in [-0.2, 0) is 7.05 Å². The van der Waals surface area contributed by atoms with E-state index in [0.29, 0.717) is 33.8 Å². The van der Waals surface area contributed by atoms with Gasteiger partial charge in [-0.3, -0.25) is 14.4 Å². The van der Waals surface area contributed by atoms with Gasteiger partial charge < -0.3 is 19.4 Å². The van der Waals surface area contributed by atoms with E-state index in [1.165, 1.54) is 6.07 Å². The summed E-state index contributed by atoms with van der Waals surface area (Å²) in [6.07, 6.45) is 1.80. The highest BCUT2D eigenvalue weighted by Crippen LogP contribution is 2.32. The number of rotatable bonds is 4. The predicted molar refractivity (Wildman–Crippen MR) is 115 cm³/mol. The van der Waals surface area contributed by atoms with Gasteiger partial charge in [-0.2, -0.15) is 0 Å². The van der Waals surface area contributed by atoms with Gasteiger partial charge in [0, 0.05) is 35.5 Å². The number of fused-ring (bicyclic) bond motifs is 2. The smallest absolute Gasteiger partial charge is 0.254 e. The van der Waals surface area contributed by atoms with Gasteiger partial charge in [0.15, 0.2) is 0 Å². The summed E-state index contributed by atoms with van der Waals surface area (Å²) in [5.41, 5.74) is 8.28. The summed E-state index contributed by atoms with van der Waals surface area (Å²) >= 11 is 0. The van der Waals surface area contributed by atoms with Crippen LogP contribution in [0.4, 0.5) is 0 Å². The average molecular weight is 403 g/mol. The molecule has 7 heteroatoms. The van der Waals surface area contributed by atoms with E-state index in [1.54, 1.807) is 48.4 Å². The number of benzene rings is 1. The normalized spacial score (nSPS) is 11.2. The van der Waals surface area contributed by atoms with E-state index in [9.17, 15) is 14.4 Å². The van der Waals surface area contributed by atoms with Crippen LogP contribution in [-0.4, -0.2) is 27.8 Å². The average Bonchev–Trinajstić information content (AvgIpc) is 3.02. The first-order chi connectivity index (χ1) is 14.3. The summed E-state index contributed by atoms with van der Waals surface area (Å²) in [6.45, 7) is 3.50. The molecule has 2 N–H and O–H groups in total. The number of nitrogens with two attached hydrogens (primary N) is 1. The molecule has 0 aliphatic carbocycles. The molecule has 0 saturated carbocycles. The molecule has 0 spiro atoms. The lowest BCUT2D eigenvalue weighted by atomic mass is 10.0. The van der Waals surface area contributed by atoms with E-state index in [4.69, 9.17) is 10.5 Å². The summed E-state index contributed by atoms with van der Waals surface area (Å²) < 4.78 is 9.02. The van der Waals surface area contributed by atoms with Crippen molar-refractivity contribution < 1.29 is 14.3 Å². The number of primary amides is 1. The minimum absolute atomic E-state index is 0.0689. The molecule has 3 aromatic heterocycles. The van der Waals surface area contributed by atoms with E-state index in [2.05, 4.69) is 0 Å². The number of hydrogen-bond acceptors (Lipinski definition) is 4. The maximum absolute atomic E-state index is 13.5. The molecule has 152 valence electrons. The Morgan fingerprint density at radius 3 is 2.47 bits per heavy atom. The Morgan fingerprint density at radius 1 is 1.07 bits per heavy atom. The monoisotopic (exact) mass is 403 g/mol. The summed E-state index contributed by atoms with van der Waals surface area (Å²) in [6, 6.07) is 10.5. The predicted octanol–water partition coefficient (Wildman–Crippen LogP) is 2.75. The summed E-state index contributed by atoms with van der Waals surface area (Å²) in [5.74, 6) is -0.408. The number of carbonyl (C=O) groups excluding carboxylic acids is 2. The Hall–Kier alpha value is -3.87. The number of ether oxygens (including phenoxy) is 1. The first kappa shape index (κ1) is 19.4. The van der Waals surface area contributed by atoms with Gasteiger partial charge in [-0.05, 0) is 44.2 Å². The quantitative estimate of drug-likeness (QED) is 0.530. The number of pyridine rings is 2. The summed E-state index contributed by atoms with van der Waals surface area (Å²) in [4.78, 5) is 38.2. The molecule has 1 amide bonds. The highest BCUT2D eigenvalue weighted by Gasteiger charge is 2.23. The zero-order chi connectivity index (χ0) is 21.7. The van der Waals surface area contributed by atoms with Crippen molar-refractivity contribution in [1.29, 1.82) is 0 Å². The van der Waals surface area contributed by atoms with Crippen LogP contribution in [0.25, 0.3) is 16.4 Å². The lowest BCUT2D eigenvalue weighted by Crippen LogP contribution is -2.26. The van der Waals surface area contributed by atoms with Crippen LogP contribution in [0.1, 0.15) is 37.7 Å². The Bertz CT molecular complexity index is 1430.